The molecule has 2 N–H and O–H groups in total. The van der Waals surface area contributed by atoms with Crippen LogP contribution in [-0.4, -0.2) is 40.4 Å². The van der Waals surface area contributed by atoms with Crippen molar-refractivity contribution in [2.45, 2.75) is 13.1 Å². The minimum absolute atomic E-state index is 0.858. The minimum atomic E-state index is 0.858. The van der Waals surface area contributed by atoms with Crippen molar-refractivity contribution in [2.75, 3.05) is 40.4 Å². The van der Waals surface area contributed by atoms with Crippen molar-refractivity contribution >= 4 is 11.6 Å². The Hall–Kier alpha value is -1.75. The predicted molar refractivity (Wildman–Crippen MR) is 99.8 cm³/mol. The van der Waals surface area contributed by atoms with E-state index in [4.69, 9.17) is 21.1 Å². The lowest BCUT2D eigenvalue weighted by atomic mass is 10.1. The van der Waals surface area contributed by atoms with E-state index in [1.54, 1.807) is 24.0 Å². The SMILES string of the molecule is COc1cc(C[NH+]2CC[NH+](Cc3ccccc3Cl)CC2)cc(OC)c1. The average Bonchev–Trinajstić information content (AvgIpc) is 2.65. The van der Waals surface area contributed by atoms with Crippen LogP contribution in [0.5, 0.6) is 11.5 Å². The first-order valence-electron chi connectivity index (χ1n) is 8.80. The highest BCUT2D eigenvalue weighted by Crippen LogP contribution is 2.21. The first-order chi connectivity index (χ1) is 12.2. The van der Waals surface area contributed by atoms with Gasteiger partial charge in [0.15, 0.2) is 0 Å². The van der Waals surface area contributed by atoms with E-state index in [0.717, 1.165) is 29.6 Å². The monoisotopic (exact) mass is 362 g/mol. The van der Waals surface area contributed by atoms with E-state index in [0.29, 0.717) is 0 Å². The van der Waals surface area contributed by atoms with Gasteiger partial charge in [-0.25, -0.2) is 0 Å². The normalized spacial score (nSPS) is 20.3. The Labute approximate surface area is 154 Å². The number of halogens is 1. The molecule has 1 aliphatic heterocycles. The fraction of sp³-hybridized carbons (Fsp3) is 0.400. The quantitative estimate of drug-likeness (QED) is 0.797. The molecule has 134 valence electrons. The Kier molecular flexibility index (Phi) is 6.19. The molecule has 0 radical (unpaired) electrons. The summed E-state index contributed by atoms with van der Waals surface area (Å²) in [5, 5.41) is 0.883. The second-order valence-corrected chi connectivity index (χ2v) is 7.07. The number of nitrogens with one attached hydrogen (secondary N) is 2. The fourth-order valence-corrected chi connectivity index (χ4v) is 3.68. The van der Waals surface area contributed by atoms with E-state index in [2.05, 4.69) is 24.3 Å². The van der Waals surface area contributed by atoms with Crippen LogP contribution >= 0.6 is 11.6 Å². The van der Waals surface area contributed by atoms with Crippen LogP contribution in [0.15, 0.2) is 42.5 Å². The van der Waals surface area contributed by atoms with Gasteiger partial charge in [0.2, 0.25) is 0 Å². The summed E-state index contributed by atoms with van der Waals surface area (Å²) in [5.41, 5.74) is 2.51. The molecule has 0 atom stereocenters. The summed E-state index contributed by atoms with van der Waals surface area (Å²) in [7, 11) is 3.39. The van der Waals surface area contributed by atoms with Crippen LogP contribution in [0.1, 0.15) is 11.1 Å². The molecule has 0 unspecified atom stereocenters. The molecule has 5 heteroatoms. The van der Waals surface area contributed by atoms with Crippen LogP contribution < -0.4 is 19.3 Å². The van der Waals surface area contributed by atoms with Gasteiger partial charge in [-0.05, 0) is 18.2 Å². The molecule has 2 aromatic carbocycles. The van der Waals surface area contributed by atoms with Gasteiger partial charge in [0.1, 0.15) is 50.8 Å². The van der Waals surface area contributed by atoms with E-state index >= 15 is 0 Å². The van der Waals surface area contributed by atoms with Crippen molar-refractivity contribution in [1.29, 1.82) is 0 Å². The summed E-state index contributed by atoms with van der Waals surface area (Å²) in [5.74, 6) is 1.72. The molecule has 0 spiro atoms. The zero-order valence-corrected chi connectivity index (χ0v) is 15.7. The fourth-order valence-electron chi connectivity index (χ4n) is 3.48. The smallest absolute Gasteiger partial charge is 0.127 e. The van der Waals surface area contributed by atoms with Gasteiger partial charge < -0.3 is 19.3 Å². The predicted octanol–water partition coefficient (Wildman–Crippen LogP) is 0.841. The van der Waals surface area contributed by atoms with Crippen molar-refractivity contribution < 1.29 is 19.3 Å². The van der Waals surface area contributed by atoms with Crippen molar-refractivity contribution in [1.82, 2.24) is 0 Å². The molecule has 0 amide bonds. The van der Waals surface area contributed by atoms with Gasteiger partial charge in [-0.2, -0.15) is 0 Å². The zero-order valence-electron chi connectivity index (χ0n) is 15.0. The summed E-state index contributed by atoms with van der Waals surface area (Å²) in [4.78, 5) is 3.22. The Morgan fingerprint density at radius 2 is 1.40 bits per heavy atom. The number of quaternary nitrogens is 2. The number of hydrogen-bond donors (Lipinski definition) is 2. The summed E-state index contributed by atoms with van der Waals surface area (Å²) >= 11 is 6.29. The molecule has 1 saturated heterocycles. The topological polar surface area (TPSA) is 27.3 Å². The third-order valence-electron chi connectivity index (χ3n) is 4.93. The van der Waals surface area contributed by atoms with Gasteiger partial charge in [0, 0.05) is 22.2 Å². The molecule has 2 aromatic rings. The van der Waals surface area contributed by atoms with Gasteiger partial charge in [-0.3, -0.25) is 0 Å². The number of methoxy groups -OCH3 is 2. The van der Waals surface area contributed by atoms with Gasteiger partial charge in [-0.1, -0.05) is 29.8 Å². The van der Waals surface area contributed by atoms with Crippen molar-refractivity contribution in [3.8, 4) is 11.5 Å². The highest BCUT2D eigenvalue weighted by Gasteiger charge is 2.24. The number of hydrogen-bond acceptors (Lipinski definition) is 2. The van der Waals surface area contributed by atoms with Crippen LogP contribution in [0.3, 0.4) is 0 Å². The third-order valence-corrected chi connectivity index (χ3v) is 5.30. The molecule has 1 heterocycles. The average molecular weight is 363 g/mol. The molecule has 1 aliphatic rings. The lowest BCUT2D eigenvalue weighted by molar-refractivity contribution is -1.02. The summed E-state index contributed by atoms with van der Waals surface area (Å²) < 4.78 is 10.8. The maximum atomic E-state index is 6.29. The maximum absolute atomic E-state index is 6.29. The highest BCUT2D eigenvalue weighted by atomic mass is 35.5. The van der Waals surface area contributed by atoms with Crippen LogP contribution in [0.25, 0.3) is 0 Å². The lowest BCUT2D eigenvalue weighted by Crippen LogP contribution is -3.27. The number of rotatable bonds is 6. The second-order valence-electron chi connectivity index (χ2n) is 6.67. The van der Waals surface area contributed by atoms with Gasteiger partial charge in [-0.15, -0.1) is 0 Å². The summed E-state index contributed by atoms with van der Waals surface area (Å²) in [6.45, 7) is 6.69. The van der Waals surface area contributed by atoms with Crippen molar-refractivity contribution in [3.05, 3.63) is 58.6 Å². The Morgan fingerprint density at radius 3 is 1.96 bits per heavy atom. The second kappa shape index (κ2) is 8.56. The van der Waals surface area contributed by atoms with Crippen molar-refractivity contribution in [2.24, 2.45) is 0 Å². The van der Waals surface area contributed by atoms with Crippen molar-refractivity contribution in [3.63, 3.8) is 0 Å². The lowest BCUT2D eigenvalue weighted by Gasteiger charge is -2.30. The molecule has 3 rings (SSSR count). The first-order valence-corrected chi connectivity index (χ1v) is 9.18. The summed E-state index contributed by atoms with van der Waals surface area (Å²) in [6.07, 6.45) is 0. The molecule has 0 aromatic heterocycles. The molecule has 0 saturated carbocycles. The maximum Gasteiger partial charge on any atom is 0.127 e. The van der Waals surface area contributed by atoms with Crippen LogP contribution in [0.4, 0.5) is 0 Å². The van der Waals surface area contributed by atoms with Crippen LogP contribution in [0, 0.1) is 0 Å². The number of ether oxygens (including phenoxy) is 2. The van der Waals surface area contributed by atoms with E-state index in [-0.39, 0.29) is 0 Å². The van der Waals surface area contributed by atoms with Crippen LogP contribution in [-0.2, 0) is 13.1 Å². The molecular weight excluding hydrogens is 336 g/mol. The molecule has 1 fully saturated rings. The molecule has 0 bridgehead atoms. The summed E-state index contributed by atoms with van der Waals surface area (Å²) in [6, 6.07) is 14.3. The third kappa shape index (κ3) is 4.88. The minimum Gasteiger partial charge on any atom is -0.497 e. The molecule has 4 nitrogen and oxygen atoms in total. The largest absolute Gasteiger partial charge is 0.497 e. The van der Waals surface area contributed by atoms with E-state index < -0.39 is 0 Å². The molecular formula is C20H27ClN2O2+2. The van der Waals surface area contributed by atoms with Gasteiger partial charge >= 0.3 is 0 Å². The van der Waals surface area contributed by atoms with Gasteiger partial charge in [0.05, 0.1) is 14.2 Å². The van der Waals surface area contributed by atoms with E-state index in [9.17, 15) is 0 Å². The van der Waals surface area contributed by atoms with E-state index in [1.165, 1.54) is 37.3 Å². The zero-order chi connectivity index (χ0) is 17.6. The number of benzene rings is 2. The van der Waals surface area contributed by atoms with Crippen LogP contribution in [0.2, 0.25) is 5.02 Å². The molecule has 0 aliphatic carbocycles. The Bertz CT molecular complexity index is 678. The van der Waals surface area contributed by atoms with E-state index in [1.807, 2.05) is 18.2 Å². The Balaban J connectivity index is 1.55. The number of piperazine rings is 1. The standard InChI is InChI=1S/C20H25ClN2O2/c1-24-18-11-16(12-19(13-18)25-2)14-22-7-9-23(10-8-22)15-17-5-3-4-6-20(17)21/h3-6,11-13H,7-10,14-15H2,1-2H3/p+2. The highest BCUT2D eigenvalue weighted by molar-refractivity contribution is 6.31. The van der Waals surface area contributed by atoms with Gasteiger partial charge in [0.25, 0.3) is 0 Å². The Morgan fingerprint density at radius 1 is 0.840 bits per heavy atom. The molecule has 25 heavy (non-hydrogen) atoms. The first kappa shape index (κ1) is 18.1.